The Morgan fingerprint density at radius 3 is 2.69 bits per heavy atom. The van der Waals surface area contributed by atoms with Gasteiger partial charge in [0, 0.05) is 18.6 Å². The van der Waals surface area contributed by atoms with Gasteiger partial charge in [0.2, 0.25) is 0 Å². The molecule has 1 aliphatic rings. The average Bonchev–Trinajstić information content (AvgIpc) is 2.29. The quantitative estimate of drug-likeness (QED) is 0.749. The van der Waals surface area contributed by atoms with Gasteiger partial charge in [0.1, 0.15) is 0 Å². The monoisotopic (exact) mass is 226 g/mol. The normalized spacial score (nSPS) is 29.2. The lowest BCUT2D eigenvalue weighted by molar-refractivity contribution is 0.0520. The Balaban J connectivity index is 2.64. The highest BCUT2D eigenvalue weighted by atomic mass is 15.2. The Kier molecular flexibility index (Phi) is 6.37. The number of nitrogens with one attached hydrogen (secondary N) is 1. The van der Waals surface area contributed by atoms with Gasteiger partial charge < -0.3 is 5.32 Å². The van der Waals surface area contributed by atoms with Crippen LogP contribution in [0.2, 0.25) is 0 Å². The molecule has 1 rings (SSSR count). The van der Waals surface area contributed by atoms with Crippen molar-refractivity contribution >= 4 is 0 Å². The summed E-state index contributed by atoms with van der Waals surface area (Å²) < 4.78 is 0. The molecule has 1 N–H and O–H groups in total. The van der Waals surface area contributed by atoms with Crippen molar-refractivity contribution in [1.82, 2.24) is 10.2 Å². The highest BCUT2D eigenvalue weighted by Crippen LogP contribution is 2.27. The molecule has 3 unspecified atom stereocenters. The van der Waals surface area contributed by atoms with Gasteiger partial charge in [-0.1, -0.05) is 27.2 Å². The SMILES string of the molecule is CCCC(CC)N1CCCC(C)C1CNC. The van der Waals surface area contributed by atoms with Crippen LogP contribution in [0.15, 0.2) is 0 Å². The first-order valence-electron chi connectivity index (χ1n) is 7.14. The van der Waals surface area contributed by atoms with Crippen LogP contribution in [0.25, 0.3) is 0 Å². The summed E-state index contributed by atoms with van der Waals surface area (Å²) in [4.78, 5) is 2.79. The van der Waals surface area contributed by atoms with Gasteiger partial charge in [-0.25, -0.2) is 0 Å². The van der Waals surface area contributed by atoms with Crippen LogP contribution in [-0.2, 0) is 0 Å². The maximum absolute atomic E-state index is 3.38. The third kappa shape index (κ3) is 3.46. The maximum atomic E-state index is 3.38. The minimum absolute atomic E-state index is 0.759. The predicted molar refractivity (Wildman–Crippen MR) is 71.8 cm³/mol. The van der Waals surface area contributed by atoms with Crippen LogP contribution in [0.5, 0.6) is 0 Å². The molecule has 0 bridgehead atoms. The fraction of sp³-hybridized carbons (Fsp3) is 1.00. The molecule has 0 radical (unpaired) electrons. The Morgan fingerprint density at radius 2 is 2.12 bits per heavy atom. The second kappa shape index (κ2) is 7.29. The highest BCUT2D eigenvalue weighted by molar-refractivity contribution is 4.87. The number of piperidine rings is 1. The molecule has 1 aliphatic heterocycles. The van der Waals surface area contributed by atoms with E-state index in [-0.39, 0.29) is 0 Å². The van der Waals surface area contributed by atoms with E-state index in [1.807, 2.05) is 0 Å². The van der Waals surface area contributed by atoms with Gasteiger partial charge in [-0.2, -0.15) is 0 Å². The lowest BCUT2D eigenvalue weighted by atomic mass is 9.88. The molecule has 1 heterocycles. The van der Waals surface area contributed by atoms with Crippen molar-refractivity contribution in [2.75, 3.05) is 20.1 Å². The number of rotatable bonds is 6. The molecule has 2 nitrogen and oxygen atoms in total. The smallest absolute Gasteiger partial charge is 0.0249 e. The second-order valence-electron chi connectivity index (χ2n) is 5.33. The summed E-state index contributed by atoms with van der Waals surface area (Å²) in [6, 6.07) is 1.57. The molecule has 0 aromatic heterocycles. The molecule has 16 heavy (non-hydrogen) atoms. The van der Waals surface area contributed by atoms with E-state index in [9.17, 15) is 0 Å². The molecular weight excluding hydrogens is 196 g/mol. The highest BCUT2D eigenvalue weighted by Gasteiger charge is 2.31. The van der Waals surface area contributed by atoms with Crippen molar-refractivity contribution in [2.24, 2.45) is 5.92 Å². The van der Waals surface area contributed by atoms with Crippen LogP contribution in [0, 0.1) is 5.92 Å². The lowest BCUT2D eigenvalue weighted by Gasteiger charge is -2.44. The molecule has 0 aromatic rings. The van der Waals surface area contributed by atoms with Crippen LogP contribution in [0.3, 0.4) is 0 Å². The van der Waals surface area contributed by atoms with Gasteiger partial charge in [-0.3, -0.25) is 4.90 Å². The Hall–Kier alpha value is -0.0800. The zero-order valence-electron chi connectivity index (χ0n) is 11.6. The van der Waals surface area contributed by atoms with Crippen LogP contribution < -0.4 is 5.32 Å². The molecular formula is C14H30N2. The van der Waals surface area contributed by atoms with Gasteiger partial charge in [0.25, 0.3) is 0 Å². The van der Waals surface area contributed by atoms with E-state index in [2.05, 4.69) is 38.0 Å². The van der Waals surface area contributed by atoms with Crippen molar-refractivity contribution in [1.29, 1.82) is 0 Å². The first-order chi connectivity index (χ1) is 7.74. The van der Waals surface area contributed by atoms with Gasteiger partial charge in [0.05, 0.1) is 0 Å². The van der Waals surface area contributed by atoms with Crippen molar-refractivity contribution in [3.05, 3.63) is 0 Å². The number of likely N-dealkylation sites (N-methyl/N-ethyl adjacent to an activating group) is 1. The second-order valence-corrected chi connectivity index (χ2v) is 5.33. The molecule has 0 aliphatic carbocycles. The Morgan fingerprint density at radius 1 is 1.38 bits per heavy atom. The summed E-state index contributed by atoms with van der Waals surface area (Å²) in [5.74, 6) is 0.854. The van der Waals surface area contributed by atoms with Crippen LogP contribution in [-0.4, -0.2) is 37.1 Å². The Bertz CT molecular complexity index is 182. The summed E-state index contributed by atoms with van der Waals surface area (Å²) in [7, 11) is 2.08. The zero-order chi connectivity index (χ0) is 12.0. The van der Waals surface area contributed by atoms with E-state index < -0.39 is 0 Å². The third-order valence-electron chi connectivity index (χ3n) is 4.13. The summed E-state index contributed by atoms with van der Waals surface area (Å²) in [5, 5.41) is 3.38. The molecule has 0 amide bonds. The minimum Gasteiger partial charge on any atom is -0.318 e. The van der Waals surface area contributed by atoms with Crippen molar-refractivity contribution < 1.29 is 0 Å². The number of nitrogens with zero attached hydrogens (tertiary/aromatic N) is 1. The van der Waals surface area contributed by atoms with Crippen molar-refractivity contribution in [3.8, 4) is 0 Å². The van der Waals surface area contributed by atoms with Crippen molar-refractivity contribution in [3.63, 3.8) is 0 Å². The predicted octanol–water partition coefficient (Wildman–Crippen LogP) is 2.89. The number of hydrogen-bond acceptors (Lipinski definition) is 2. The maximum Gasteiger partial charge on any atom is 0.0249 e. The molecule has 1 saturated heterocycles. The van der Waals surface area contributed by atoms with Crippen LogP contribution in [0.1, 0.15) is 52.9 Å². The van der Waals surface area contributed by atoms with E-state index in [0.717, 1.165) is 24.5 Å². The first kappa shape index (κ1) is 14.0. The minimum atomic E-state index is 0.759. The standard InChI is InChI=1S/C14H30N2/c1-5-8-13(6-2)16-10-7-9-12(3)14(16)11-15-4/h12-15H,5-11H2,1-4H3. The van der Waals surface area contributed by atoms with E-state index in [0.29, 0.717) is 0 Å². The molecule has 0 spiro atoms. The molecule has 96 valence electrons. The third-order valence-corrected chi connectivity index (χ3v) is 4.13. The van der Waals surface area contributed by atoms with Crippen molar-refractivity contribution in [2.45, 2.75) is 65.0 Å². The van der Waals surface area contributed by atoms with Crippen LogP contribution in [0.4, 0.5) is 0 Å². The van der Waals surface area contributed by atoms with Gasteiger partial charge in [0.15, 0.2) is 0 Å². The van der Waals surface area contributed by atoms with Gasteiger partial charge in [-0.15, -0.1) is 0 Å². The number of likely N-dealkylation sites (tertiary alicyclic amines) is 1. The molecule has 1 fully saturated rings. The molecule has 0 saturated carbocycles. The lowest BCUT2D eigenvalue weighted by Crippen LogP contribution is -2.53. The summed E-state index contributed by atoms with van der Waals surface area (Å²) in [6.07, 6.45) is 6.78. The van der Waals surface area contributed by atoms with E-state index in [1.54, 1.807) is 0 Å². The van der Waals surface area contributed by atoms with Crippen LogP contribution >= 0.6 is 0 Å². The van der Waals surface area contributed by atoms with E-state index in [4.69, 9.17) is 0 Å². The summed E-state index contributed by atoms with van der Waals surface area (Å²) in [6.45, 7) is 9.54. The first-order valence-corrected chi connectivity index (χ1v) is 7.14. The average molecular weight is 226 g/mol. The van der Waals surface area contributed by atoms with Gasteiger partial charge in [-0.05, 0) is 45.2 Å². The Labute approximate surface area is 102 Å². The van der Waals surface area contributed by atoms with E-state index >= 15 is 0 Å². The summed E-state index contributed by atoms with van der Waals surface area (Å²) in [5.41, 5.74) is 0. The zero-order valence-corrected chi connectivity index (χ0v) is 11.6. The molecule has 3 atom stereocenters. The fourth-order valence-electron chi connectivity index (χ4n) is 3.20. The summed E-state index contributed by atoms with van der Waals surface area (Å²) >= 11 is 0. The largest absolute Gasteiger partial charge is 0.318 e. The fourth-order valence-corrected chi connectivity index (χ4v) is 3.20. The molecule has 0 aromatic carbocycles. The van der Waals surface area contributed by atoms with Gasteiger partial charge >= 0.3 is 0 Å². The van der Waals surface area contributed by atoms with E-state index in [1.165, 1.54) is 38.6 Å². The topological polar surface area (TPSA) is 15.3 Å². The number of hydrogen-bond donors (Lipinski definition) is 1. The molecule has 2 heteroatoms.